The highest BCUT2D eigenvalue weighted by atomic mass is 16.5. The number of carbonyl (C=O) groups excluding carboxylic acids is 1. The number of aromatic amines is 1. The van der Waals surface area contributed by atoms with Gasteiger partial charge in [0.25, 0.3) is 0 Å². The Balaban J connectivity index is 1.70. The molecule has 2 aromatic heterocycles. The van der Waals surface area contributed by atoms with Crippen molar-refractivity contribution in [1.82, 2.24) is 4.98 Å². The first-order valence-electron chi connectivity index (χ1n) is 5.60. The first-order chi connectivity index (χ1) is 8.83. The molecule has 0 aliphatic heterocycles. The molecule has 0 aliphatic rings. The lowest BCUT2D eigenvalue weighted by Crippen LogP contribution is -2.05. The number of H-pyrrole nitrogens is 1. The average molecular weight is 241 g/mol. The highest BCUT2D eigenvalue weighted by Gasteiger charge is 2.12. The Morgan fingerprint density at radius 2 is 2.06 bits per heavy atom. The third-order valence-electron chi connectivity index (χ3n) is 2.67. The van der Waals surface area contributed by atoms with Crippen LogP contribution in [0.5, 0.6) is 0 Å². The molecule has 1 aromatic carbocycles. The molecule has 0 spiro atoms. The number of carbonyl (C=O) groups is 1. The van der Waals surface area contributed by atoms with Crippen LogP contribution in [0, 0.1) is 0 Å². The van der Waals surface area contributed by atoms with Crippen LogP contribution in [0.25, 0.3) is 11.1 Å². The molecule has 3 aromatic rings. The molecule has 0 fully saturated rings. The van der Waals surface area contributed by atoms with Crippen LogP contribution in [0.3, 0.4) is 0 Å². The van der Waals surface area contributed by atoms with Crippen molar-refractivity contribution >= 4 is 17.1 Å². The second-order valence-electron chi connectivity index (χ2n) is 3.94. The molecular weight excluding hydrogens is 230 g/mol. The van der Waals surface area contributed by atoms with Crippen molar-refractivity contribution in [2.45, 2.75) is 6.61 Å². The van der Waals surface area contributed by atoms with Crippen molar-refractivity contribution in [2.24, 2.45) is 0 Å². The second-order valence-corrected chi connectivity index (χ2v) is 3.94. The maximum absolute atomic E-state index is 11.8. The summed E-state index contributed by atoms with van der Waals surface area (Å²) in [5.74, 6) is -0.384. The summed E-state index contributed by atoms with van der Waals surface area (Å²) in [4.78, 5) is 14.7. The highest BCUT2D eigenvalue weighted by Crippen LogP contribution is 2.17. The minimum atomic E-state index is -0.384. The first-order valence-corrected chi connectivity index (χ1v) is 5.60. The molecule has 0 atom stereocenters. The van der Waals surface area contributed by atoms with Crippen LogP contribution in [-0.2, 0) is 11.3 Å². The van der Waals surface area contributed by atoms with Crippen LogP contribution in [0.15, 0.2) is 53.1 Å². The molecule has 90 valence electrons. The van der Waals surface area contributed by atoms with Gasteiger partial charge in [-0.1, -0.05) is 30.3 Å². The van der Waals surface area contributed by atoms with E-state index in [9.17, 15) is 4.79 Å². The number of hydrogen-bond acceptors (Lipinski definition) is 3. The average Bonchev–Trinajstić information content (AvgIpc) is 2.98. The van der Waals surface area contributed by atoms with Crippen molar-refractivity contribution in [2.75, 3.05) is 0 Å². The number of ether oxygens (including phenoxy) is 1. The summed E-state index contributed by atoms with van der Waals surface area (Å²) < 4.78 is 10.4. The summed E-state index contributed by atoms with van der Waals surface area (Å²) in [6, 6.07) is 13.0. The predicted octanol–water partition coefficient (Wildman–Crippen LogP) is 3.12. The van der Waals surface area contributed by atoms with Gasteiger partial charge in [-0.2, -0.15) is 0 Å². The van der Waals surface area contributed by atoms with Crippen LogP contribution >= 0.6 is 0 Å². The quantitative estimate of drug-likeness (QED) is 0.717. The SMILES string of the molecule is O=C(OCc1ccccc1)c1cc2occc2[nH]1. The van der Waals surface area contributed by atoms with Crippen LogP contribution in [0.4, 0.5) is 0 Å². The number of furan rings is 1. The van der Waals surface area contributed by atoms with Gasteiger partial charge in [0.05, 0.1) is 11.8 Å². The summed E-state index contributed by atoms with van der Waals surface area (Å²) in [5.41, 5.74) is 2.81. The topological polar surface area (TPSA) is 55.2 Å². The lowest BCUT2D eigenvalue weighted by atomic mass is 10.2. The molecule has 0 radical (unpaired) electrons. The molecule has 0 aliphatic carbocycles. The molecule has 4 heteroatoms. The van der Waals surface area contributed by atoms with Gasteiger partial charge < -0.3 is 14.1 Å². The fourth-order valence-electron chi connectivity index (χ4n) is 1.76. The number of nitrogens with one attached hydrogen (secondary N) is 1. The summed E-state index contributed by atoms with van der Waals surface area (Å²) in [6.07, 6.45) is 1.57. The number of aromatic nitrogens is 1. The Morgan fingerprint density at radius 3 is 2.83 bits per heavy atom. The standard InChI is InChI=1S/C14H11NO3/c16-14(18-9-10-4-2-1-3-5-10)12-8-13-11(15-12)6-7-17-13/h1-8,15H,9H2. The van der Waals surface area contributed by atoms with Gasteiger partial charge in [0, 0.05) is 12.1 Å². The zero-order valence-electron chi connectivity index (χ0n) is 9.55. The van der Waals surface area contributed by atoms with E-state index in [1.165, 1.54) is 0 Å². The molecule has 2 heterocycles. The third-order valence-corrected chi connectivity index (χ3v) is 2.67. The normalized spacial score (nSPS) is 10.7. The van der Waals surface area contributed by atoms with Crippen molar-refractivity contribution in [1.29, 1.82) is 0 Å². The maximum Gasteiger partial charge on any atom is 0.355 e. The lowest BCUT2D eigenvalue weighted by Gasteiger charge is -2.02. The van der Waals surface area contributed by atoms with Crippen LogP contribution in [0.2, 0.25) is 0 Å². The van der Waals surface area contributed by atoms with E-state index in [0.717, 1.165) is 11.1 Å². The van der Waals surface area contributed by atoms with Gasteiger partial charge in [-0.25, -0.2) is 4.79 Å². The molecule has 3 rings (SSSR count). The number of hydrogen-bond donors (Lipinski definition) is 1. The fourth-order valence-corrected chi connectivity index (χ4v) is 1.76. The van der Waals surface area contributed by atoms with Crippen LogP contribution in [-0.4, -0.2) is 11.0 Å². The maximum atomic E-state index is 11.8. The minimum Gasteiger partial charge on any atom is -0.463 e. The number of benzene rings is 1. The van der Waals surface area contributed by atoms with Gasteiger partial charge in [0.1, 0.15) is 12.3 Å². The molecular formula is C14H11NO3. The van der Waals surface area contributed by atoms with E-state index in [1.807, 2.05) is 30.3 Å². The molecule has 0 bridgehead atoms. The van der Waals surface area contributed by atoms with Crippen molar-refractivity contribution in [3.8, 4) is 0 Å². The molecule has 0 amide bonds. The molecule has 0 unspecified atom stereocenters. The third kappa shape index (κ3) is 2.00. The Morgan fingerprint density at radius 1 is 1.22 bits per heavy atom. The Labute approximate surface area is 103 Å². The zero-order valence-corrected chi connectivity index (χ0v) is 9.55. The van der Waals surface area contributed by atoms with Gasteiger partial charge in [-0.3, -0.25) is 0 Å². The predicted molar refractivity (Wildman–Crippen MR) is 66.1 cm³/mol. The smallest absolute Gasteiger partial charge is 0.355 e. The summed E-state index contributed by atoms with van der Waals surface area (Å²) in [6.45, 7) is 0.264. The molecule has 0 saturated heterocycles. The van der Waals surface area contributed by atoms with Crippen molar-refractivity contribution < 1.29 is 13.9 Å². The molecule has 18 heavy (non-hydrogen) atoms. The highest BCUT2D eigenvalue weighted by molar-refractivity contribution is 5.93. The van der Waals surface area contributed by atoms with Gasteiger partial charge in [0.15, 0.2) is 5.58 Å². The summed E-state index contributed by atoms with van der Waals surface area (Å²) in [5, 5.41) is 0. The molecule has 0 saturated carbocycles. The van der Waals surface area contributed by atoms with Crippen LogP contribution in [0.1, 0.15) is 16.1 Å². The molecule has 4 nitrogen and oxygen atoms in total. The van der Waals surface area contributed by atoms with E-state index in [2.05, 4.69) is 4.98 Å². The van der Waals surface area contributed by atoms with E-state index in [4.69, 9.17) is 9.15 Å². The fraction of sp³-hybridized carbons (Fsp3) is 0.0714. The number of rotatable bonds is 3. The summed E-state index contributed by atoms with van der Waals surface area (Å²) >= 11 is 0. The van der Waals surface area contributed by atoms with Crippen LogP contribution < -0.4 is 0 Å². The van der Waals surface area contributed by atoms with E-state index in [0.29, 0.717) is 11.3 Å². The van der Waals surface area contributed by atoms with Crippen molar-refractivity contribution in [3.63, 3.8) is 0 Å². The lowest BCUT2D eigenvalue weighted by molar-refractivity contribution is 0.0467. The van der Waals surface area contributed by atoms with Gasteiger partial charge in [0.2, 0.25) is 0 Å². The van der Waals surface area contributed by atoms with Gasteiger partial charge in [-0.15, -0.1) is 0 Å². The largest absolute Gasteiger partial charge is 0.463 e. The number of fused-ring (bicyclic) bond motifs is 1. The van der Waals surface area contributed by atoms with E-state index in [1.54, 1.807) is 18.4 Å². The minimum absolute atomic E-state index is 0.264. The Hall–Kier alpha value is -2.49. The van der Waals surface area contributed by atoms with Gasteiger partial charge in [-0.05, 0) is 5.56 Å². The van der Waals surface area contributed by atoms with E-state index < -0.39 is 0 Å². The van der Waals surface area contributed by atoms with E-state index in [-0.39, 0.29) is 12.6 Å². The monoisotopic (exact) mass is 241 g/mol. The Bertz CT molecular complexity index is 638. The number of esters is 1. The molecule has 1 N–H and O–H groups in total. The van der Waals surface area contributed by atoms with Crippen molar-refractivity contribution in [3.05, 3.63) is 60.0 Å². The summed E-state index contributed by atoms with van der Waals surface area (Å²) in [7, 11) is 0. The van der Waals surface area contributed by atoms with Gasteiger partial charge >= 0.3 is 5.97 Å². The van der Waals surface area contributed by atoms with E-state index >= 15 is 0 Å². The second kappa shape index (κ2) is 4.41. The first kappa shape index (κ1) is 10.7. The zero-order chi connectivity index (χ0) is 12.4. The Kier molecular flexibility index (Phi) is 2.61.